The lowest BCUT2D eigenvalue weighted by Crippen LogP contribution is -2.39. The summed E-state index contributed by atoms with van der Waals surface area (Å²) in [6.45, 7) is 3.01. The van der Waals surface area contributed by atoms with E-state index in [1.165, 1.54) is 0 Å². The SMILES string of the molecule is CC(Oc1ccccc1C#N)C(=O)N1CCC(CO)C1. The van der Waals surface area contributed by atoms with Crippen molar-refractivity contribution in [2.24, 2.45) is 5.92 Å². The second-order valence-electron chi connectivity index (χ2n) is 4.99. The molecule has 1 aliphatic heterocycles. The molecule has 0 aromatic heterocycles. The molecule has 1 aliphatic rings. The fourth-order valence-electron chi connectivity index (χ4n) is 2.34. The molecule has 5 nitrogen and oxygen atoms in total. The van der Waals surface area contributed by atoms with Gasteiger partial charge in [-0.25, -0.2) is 0 Å². The van der Waals surface area contributed by atoms with E-state index in [0.29, 0.717) is 24.4 Å². The van der Waals surface area contributed by atoms with Gasteiger partial charge in [-0.05, 0) is 25.5 Å². The zero-order valence-electron chi connectivity index (χ0n) is 11.5. The second-order valence-corrected chi connectivity index (χ2v) is 4.99. The van der Waals surface area contributed by atoms with Crippen LogP contribution in [0, 0.1) is 17.2 Å². The van der Waals surface area contributed by atoms with E-state index in [2.05, 4.69) is 0 Å². The lowest BCUT2D eigenvalue weighted by atomic mass is 10.1. The maximum Gasteiger partial charge on any atom is 0.263 e. The summed E-state index contributed by atoms with van der Waals surface area (Å²) in [5, 5.41) is 18.1. The van der Waals surface area contributed by atoms with E-state index in [9.17, 15) is 4.79 Å². The van der Waals surface area contributed by atoms with Gasteiger partial charge >= 0.3 is 0 Å². The average Bonchev–Trinajstić information content (AvgIpc) is 2.95. The number of benzene rings is 1. The number of ether oxygens (including phenoxy) is 1. The molecule has 1 fully saturated rings. The van der Waals surface area contributed by atoms with Crippen molar-refractivity contribution in [2.45, 2.75) is 19.4 Å². The molecule has 0 bridgehead atoms. The zero-order chi connectivity index (χ0) is 14.5. The van der Waals surface area contributed by atoms with Gasteiger partial charge in [-0.2, -0.15) is 5.26 Å². The van der Waals surface area contributed by atoms with Crippen molar-refractivity contribution in [3.05, 3.63) is 29.8 Å². The molecule has 20 heavy (non-hydrogen) atoms. The molecule has 0 aliphatic carbocycles. The van der Waals surface area contributed by atoms with Gasteiger partial charge in [0.15, 0.2) is 6.10 Å². The van der Waals surface area contributed by atoms with Gasteiger partial charge in [0, 0.05) is 25.6 Å². The fourth-order valence-corrected chi connectivity index (χ4v) is 2.34. The minimum absolute atomic E-state index is 0.103. The van der Waals surface area contributed by atoms with E-state index in [1.807, 2.05) is 6.07 Å². The Kier molecular flexibility index (Phi) is 4.59. The van der Waals surface area contributed by atoms with E-state index in [1.54, 1.807) is 36.1 Å². The predicted octanol–water partition coefficient (Wildman–Crippen LogP) is 1.17. The highest BCUT2D eigenvalue weighted by molar-refractivity contribution is 5.81. The number of carbonyl (C=O) groups excluding carboxylic acids is 1. The summed E-state index contributed by atoms with van der Waals surface area (Å²) in [7, 11) is 0. The van der Waals surface area contributed by atoms with E-state index >= 15 is 0 Å². The summed E-state index contributed by atoms with van der Waals surface area (Å²) in [4.78, 5) is 14.0. The summed E-state index contributed by atoms with van der Waals surface area (Å²) >= 11 is 0. The predicted molar refractivity (Wildman–Crippen MR) is 73.0 cm³/mol. The summed E-state index contributed by atoms with van der Waals surface area (Å²) in [6.07, 6.45) is 0.186. The largest absolute Gasteiger partial charge is 0.480 e. The molecule has 0 saturated carbocycles. The second kappa shape index (κ2) is 6.40. The third kappa shape index (κ3) is 3.09. The molecule has 106 valence electrons. The van der Waals surface area contributed by atoms with Gasteiger partial charge in [0.25, 0.3) is 5.91 Å². The number of aliphatic hydroxyl groups is 1. The molecule has 2 atom stereocenters. The maximum atomic E-state index is 12.2. The molecule has 1 N–H and O–H groups in total. The summed E-state index contributed by atoms with van der Waals surface area (Å²) in [5.74, 6) is 0.486. The molecule has 2 rings (SSSR count). The first-order chi connectivity index (χ1) is 9.65. The zero-order valence-corrected chi connectivity index (χ0v) is 11.5. The lowest BCUT2D eigenvalue weighted by Gasteiger charge is -2.22. The topological polar surface area (TPSA) is 73.6 Å². The van der Waals surface area contributed by atoms with Gasteiger partial charge in [0.1, 0.15) is 11.8 Å². The highest BCUT2D eigenvalue weighted by atomic mass is 16.5. The monoisotopic (exact) mass is 274 g/mol. The number of nitriles is 1. The van der Waals surface area contributed by atoms with E-state index in [4.69, 9.17) is 15.1 Å². The Morgan fingerprint density at radius 1 is 1.60 bits per heavy atom. The highest BCUT2D eigenvalue weighted by Gasteiger charge is 2.29. The van der Waals surface area contributed by atoms with Gasteiger partial charge in [-0.1, -0.05) is 12.1 Å². The Morgan fingerprint density at radius 2 is 2.35 bits per heavy atom. The quantitative estimate of drug-likeness (QED) is 0.894. The van der Waals surface area contributed by atoms with Crippen LogP contribution in [0.15, 0.2) is 24.3 Å². The maximum absolute atomic E-state index is 12.2. The van der Waals surface area contributed by atoms with Gasteiger partial charge in [0.2, 0.25) is 0 Å². The smallest absolute Gasteiger partial charge is 0.263 e. The van der Waals surface area contributed by atoms with Crippen molar-refractivity contribution in [1.82, 2.24) is 4.90 Å². The normalized spacial score (nSPS) is 19.4. The van der Waals surface area contributed by atoms with Crippen LogP contribution in [0.25, 0.3) is 0 Å². The standard InChI is InChI=1S/C15H18N2O3/c1-11(15(19)17-7-6-12(9-17)10-18)20-14-5-3-2-4-13(14)8-16/h2-5,11-12,18H,6-7,9-10H2,1H3. The van der Waals surface area contributed by atoms with Crippen LogP contribution in [0.1, 0.15) is 18.9 Å². The van der Waals surface area contributed by atoms with Crippen LogP contribution in [0.3, 0.4) is 0 Å². The highest BCUT2D eigenvalue weighted by Crippen LogP contribution is 2.21. The molecule has 1 saturated heterocycles. The summed E-state index contributed by atoms with van der Waals surface area (Å²) < 4.78 is 5.60. The van der Waals surface area contributed by atoms with Crippen LogP contribution in [-0.4, -0.2) is 41.7 Å². The van der Waals surface area contributed by atoms with Gasteiger partial charge in [-0.15, -0.1) is 0 Å². The lowest BCUT2D eigenvalue weighted by molar-refractivity contribution is -0.137. The first-order valence-corrected chi connectivity index (χ1v) is 6.71. The number of likely N-dealkylation sites (tertiary alicyclic amines) is 1. The number of para-hydroxylation sites is 1. The van der Waals surface area contributed by atoms with E-state index in [0.717, 1.165) is 6.42 Å². The Balaban J connectivity index is 2.00. The molecule has 1 heterocycles. The van der Waals surface area contributed by atoms with Crippen LogP contribution in [0.4, 0.5) is 0 Å². The average molecular weight is 274 g/mol. The van der Waals surface area contributed by atoms with E-state index < -0.39 is 6.10 Å². The molecule has 1 aromatic rings. The molecule has 2 unspecified atom stereocenters. The number of carbonyl (C=O) groups is 1. The Hall–Kier alpha value is -2.06. The van der Waals surface area contributed by atoms with Gasteiger partial charge < -0.3 is 14.7 Å². The number of rotatable bonds is 4. The van der Waals surface area contributed by atoms with Gasteiger partial charge in [0.05, 0.1) is 5.56 Å². The molecule has 0 radical (unpaired) electrons. The minimum atomic E-state index is -0.637. The van der Waals surface area contributed by atoms with Crippen LogP contribution >= 0.6 is 0 Å². The third-order valence-corrected chi connectivity index (χ3v) is 3.51. The van der Waals surface area contributed by atoms with Crippen molar-refractivity contribution in [3.63, 3.8) is 0 Å². The molecule has 1 amide bonds. The molecular weight excluding hydrogens is 256 g/mol. The molecule has 5 heteroatoms. The number of hydrogen-bond donors (Lipinski definition) is 1. The number of nitrogens with zero attached hydrogens (tertiary/aromatic N) is 2. The van der Waals surface area contributed by atoms with Crippen LogP contribution < -0.4 is 4.74 Å². The molecular formula is C15H18N2O3. The van der Waals surface area contributed by atoms with Gasteiger partial charge in [-0.3, -0.25) is 4.79 Å². The van der Waals surface area contributed by atoms with Crippen LogP contribution in [0.2, 0.25) is 0 Å². The van der Waals surface area contributed by atoms with Crippen molar-refractivity contribution < 1.29 is 14.6 Å². The summed E-state index contributed by atoms with van der Waals surface area (Å²) in [6, 6.07) is 8.91. The minimum Gasteiger partial charge on any atom is -0.480 e. The number of amides is 1. The van der Waals surface area contributed by atoms with E-state index in [-0.39, 0.29) is 18.4 Å². The van der Waals surface area contributed by atoms with Crippen molar-refractivity contribution in [3.8, 4) is 11.8 Å². The summed E-state index contributed by atoms with van der Waals surface area (Å²) in [5.41, 5.74) is 0.418. The number of aliphatic hydroxyl groups excluding tert-OH is 1. The van der Waals surface area contributed by atoms with Crippen LogP contribution in [0.5, 0.6) is 5.75 Å². The first-order valence-electron chi connectivity index (χ1n) is 6.71. The van der Waals surface area contributed by atoms with Crippen LogP contribution in [-0.2, 0) is 4.79 Å². The molecule has 1 aromatic carbocycles. The Labute approximate surface area is 118 Å². The Morgan fingerprint density at radius 3 is 3.00 bits per heavy atom. The fraction of sp³-hybridized carbons (Fsp3) is 0.467. The van der Waals surface area contributed by atoms with Crippen molar-refractivity contribution in [1.29, 1.82) is 5.26 Å². The Bertz CT molecular complexity index is 524. The molecule has 0 spiro atoms. The van der Waals surface area contributed by atoms with Crippen molar-refractivity contribution in [2.75, 3.05) is 19.7 Å². The third-order valence-electron chi connectivity index (χ3n) is 3.51. The first kappa shape index (κ1) is 14.4. The number of hydrogen-bond acceptors (Lipinski definition) is 4. The van der Waals surface area contributed by atoms with Crippen molar-refractivity contribution >= 4 is 5.91 Å².